The van der Waals surface area contributed by atoms with E-state index in [2.05, 4.69) is 462 Å². The lowest BCUT2D eigenvalue weighted by molar-refractivity contribution is 0.669. The summed E-state index contributed by atoms with van der Waals surface area (Å²) in [5.74, 6) is 0. The highest BCUT2D eigenvalue weighted by atomic mass is 16.3. The van der Waals surface area contributed by atoms with Crippen molar-refractivity contribution in [2.24, 2.45) is 0 Å². The minimum Gasteiger partial charge on any atom is -0.455 e. The van der Waals surface area contributed by atoms with E-state index in [4.69, 9.17) is 17.7 Å². The Kier molecular flexibility index (Phi) is 19.5. The average Bonchev–Trinajstić information content (AvgIpc) is 0.805. The molecule has 0 fully saturated rings. The van der Waals surface area contributed by atoms with Gasteiger partial charge in [0, 0.05) is 132 Å². The van der Waals surface area contributed by atoms with E-state index < -0.39 is 0 Å². The molecule has 4 heterocycles. The highest BCUT2D eigenvalue weighted by Gasteiger charge is 2.29. The highest BCUT2D eigenvalue weighted by Crippen LogP contribution is 2.54. The first-order chi connectivity index (χ1) is 69.9. The molecule has 28 aromatic rings. The quantitative estimate of drug-likeness (QED) is 0.0887. The van der Waals surface area contributed by atoms with Gasteiger partial charge in [-0.15, -0.1) is 0 Å². The average molecular weight is 1820 g/mol. The van der Waals surface area contributed by atoms with Gasteiger partial charge >= 0.3 is 0 Å². The van der Waals surface area contributed by atoms with Crippen LogP contribution >= 0.6 is 0 Å². The number of hydrogen-bond acceptors (Lipinski definition) is 8. The molecule has 24 aromatic carbocycles. The Bertz CT molecular complexity index is 9300. The van der Waals surface area contributed by atoms with Gasteiger partial charge in [-0.25, -0.2) is 0 Å². The topological polar surface area (TPSA) is 65.5 Å². The number of fused-ring (bicyclic) bond motifs is 12. The summed E-state index contributed by atoms with van der Waals surface area (Å²) < 4.78 is 25.9. The third kappa shape index (κ3) is 13.7. The van der Waals surface area contributed by atoms with Crippen LogP contribution in [0.2, 0.25) is 0 Å². The van der Waals surface area contributed by atoms with Gasteiger partial charge in [0.15, 0.2) is 0 Å². The fraction of sp³-hybridized carbons (Fsp3) is 0.0448. The maximum Gasteiger partial charge on any atom is 0.143 e. The fourth-order valence-electron chi connectivity index (χ4n) is 22.8. The zero-order valence-corrected chi connectivity index (χ0v) is 79.1. The van der Waals surface area contributed by atoms with Crippen LogP contribution in [0.15, 0.2) is 467 Å². The predicted octanol–water partition coefficient (Wildman–Crippen LogP) is 39.2. The maximum absolute atomic E-state index is 6.49. The van der Waals surface area contributed by atoms with Crippen LogP contribution in [0.4, 0.5) is 68.2 Å². The van der Waals surface area contributed by atoms with E-state index in [9.17, 15) is 0 Å². The second-order valence-electron chi connectivity index (χ2n) is 38.1. The molecule has 0 aliphatic carbocycles. The van der Waals surface area contributed by atoms with Crippen molar-refractivity contribution in [3.63, 3.8) is 0 Å². The molecule has 0 unspecified atom stereocenters. The number of para-hydroxylation sites is 10. The van der Waals surface area contributed by atoms with Crippen molar-refractivity contribution in [2.75, 3.05) is 19.6 Å². The van der Waals surface area contributed by atoms with Gasteiger partial charge < -0.3 is 37.3 Å². The molecule has 0 atom stereocenters. The van der Waals surface area contributed by atoms with Gasteiger partial charge in [-0.2, -0.15) is 0 Å². The highest BCUT2D eigenvalue weighted by molar-refractivity contribution is 6.30. The lowest BCUT2D eigenvalue weighted by atomic mass is 9.91. The molecule has 0 saturated carbocycles. The van der Waals surface area contributed by atoms with Crippen LogP contribution in [0.3, 0.4) is 0 Å². The molecule has 0 aliphatic heterocycles. The molecular formula is C134H92N4O4. The summed E-state index contributed by atoms with van der Waals surface area (Å²) in [5, 5.41) is 23.7. The summed E-state index contributed by atoms with van der Waals surface area (Å²) in [6.45, 7) is 13.2. The number of benzene rings is 24. The molecule has 0 bridgehead atoms. The van der Waals surface area contributed by atoms with E-state index in [0.717, 1.165) is 201 Å². The van der Waals surface area contributed by atoms with Crippen LogP contribution in [-0.4, -0.2) is 0 Å². The zero-order valence-electron chi connectivity index (χ0n) is 79.1. The van der Waals surface area contributed by atoms with Crippen molar-refractivity contribution in [3.8, 4) is 44.5 Å². The van der Waals surface area contributed by atoms with Crippen molar-refractivity contribution in [1.29, 1.82) is 0 Å². The van der Waals surface area contributed by atoms with E-state index >= 15 is 0 Å². The van der Waals surface area contributed by atoms with Gasteiger partial charge in [-0.05, 0) is 274 Å². The van der Waals surface area contributed by atoms with Gasteiger partial charge in [-0.3, -0.25) is 0 Å². The van der Waals surface area contributed by atoms with Crippen LogP contribution in [-0.2, 0) is 0 Å². The Labute approximate surface area is 820 Å². The molecule has 672 valence electrons. The van der Waals surface area contributed by atoms with E-state index in [-0.39, 0.29) is 0 Å². The van der Waals surface area contributed by atoms with Gasteiger partial charge in [0.05, 0.1) is 22.7 Å². The molecule has 0 aliphatic rings. The smallest absolute Gasteiger partial charge is 0.143 e. The lowest BCUT2D eigenvalue weighted by Crippen LogP contribution is -2.12. The van der Waals surface area contributed by atoms with Crippen molar-refractivity contribution in [1.82, 2.24) is 0 Å². The Hall–Kier alpha value is -18.2. The summed E-state index contributed by atoms with van der Waals surface area (Å²) in [5.41, 5.74) is 36.6. The van der Waals surface area contributed by atoms with E-state index in [1.807, 2.05) is 48.5 Å². The van der Waals surface area contributed by atoms with Gasteiger partial charge in [0.2, 0.25) is 0 Å². The van der Waals surface area contributed by atoms with Crippen molar-refractivity contribution in [3.05, 3.63) is 482 Å². The summed E-state index contributed by atoms with van der Waals surface area (Å²) in [7, 11) is 0. The fourth-order valence-corrected chi connectivity index (χ4v) is 22.8. The summed E-state index contributed by atoms with van der Waals surface area (Å²) in [4.78, 5) is 9.74. The Morgan fingerprint density at radius 1 is 0.155 bits per heavy atom. The second-order valence-corrected chi connectivity index (χ2v) is 38.1. The number of anilines is 12. The van der Waals surface area contributed by atoms with E-state index in [0.29, 0.717) is 0 Å². The number of furan rings is 4. The Balaban J connectivity index is 0.000000142. The first-order valence-corrected chi connectivity index (χ1v) is 48.8. The monoisotopic (exact) mass is 1820 g/mol. The van der Waals surface area contributed by atoms with Crippen LogP contribution in [0.1, 0.15) is 33.4 Å². The zero-order chi connectivity index (χ0) is 94.6. The first kappa shape index (κ1) is 83.2. The van der Waals surface area contributed by atoms with Gasteiger partial charge in [-0.1, -0.05) is 315 Å². The third-order valence-corrected chi connectivity index (χ3v) is 29.2. The van der Waals surface area contributed by atoms with Crippen molar-refractivity contribution < 1.29 is 17.7 Å². The molecule has 8 nitrogen and oxygen atoms in total. The molecule has 28 rings (SSSR count). The van der Waals surface area contributed by atoms with Gasteiger partial charge in [0.1, 0.15) is 44.7 Å². The minimum atomic E-state index is 0.902. The number of hydrogen-bond donors (Lipinski definition) is 0. The molecular weight excluding hydrogens is 1730 g/mol. The number of aryl methyl sites for hydroxylation is 6. The van der Waals surface area contributed by atoms with Crippen LogP contribution < -0.4 is 19.6 Å². The van der Waals surface area contributed by atoms with Crippen molar-refractivity contribution >= 4 is 221 Å². The molecule has 0 amide bonds. The predicted molar refractivity (Wildman–Crippen MR) is 598 cm³/mol. The maximum atomic E-state index is 6.49. The van der Waals surface area contributed by atoms with Crippen LogP contribution in [0, 0.1) is 41.5 Å². The molecule has 0 saturated heterocycles. The summed E-state index contributed by atoms with van der Waals surface area (Å²) >= 11 is 0. The summed E-state index contributed by atoms with van der Waals surface area (Å²) in [6.07, 6.45) is 0. The molecule has 0 radical (unpaired) electrons. The van der Waals surface area contributed by atoms with Crippen LogP contribution in [0.5, 0.6) is 0 Å². The SMILES string of the molecule is Cc1cc(C)cc(N(c2ccc(-c3cccc4c3oc3ccccc34)cc2)c2ccc3ccc4c(N(c5ccc(-c6cccc7c6oc6ccccc67)cc5)c5cc(C)cc(C)c5)ccc5ccc2c3c54)c1.Cc1ccccc1N(c1ccc(-c2cccc3c2oc2ccccc23)cc1)c1ccc2ccc3c(N(c4ccc(-c5cccc6c5oc5ccccc56)cc4)c4ccccc4C)ccc4ccc1c2c43. The molecule has 142 heavy (non-hydrogen) atoms. The molecule has 8 heteroatoms. The van der Waals surface area contributed by atoms with E-state index in [1.54, 1.807) is 0 Å². The van der Waals surface area contributed by atoms with Gasteiger partial charge in [0.25, 0.3) is 0 Å². The third-order valence-electron chi connectivity index (χ3n) is 29.2. The lowest BCUT2D eigenvalue weighted by Gasteiger charge is -2.30. The minimum absolute atomic E-state index is 0.902. The molecule has 0 spiro atoms. The molecule has 0 N–H and O–H groups in total. The number of nitrogens with zero attached hydrogens (tertiary/aromatic N) is 4. The normalized spacial score (nSPS) is 11.9. The Morgan fingerprint density at radius 3 is 0.648 bits per heavy atom. The Morgan fingerprint density at radius 2 is 0.380 bits per heavy atom. The first-order valence-electron chi connectivity index (χ1n) is 48.8. The van der Waals surface area contributed by atoms with E-state index in [1.165, 1.54) is 98.0 Å². The van der Waals surface area contributed by atoms with Crippen molar-refractivity contribution in [2.45, 2.75) is 41.5 Å². The largest absolute Gasteiger partial charge is 0.455 e. The number of rotatable bonds is 16. The molecule has 4 aromatic heterocycles. The summed E-state index contributed by atoms with van der Waals surface area (Å²) in [6, 6.07) is 163. The second kappa shape index (κ2) is 33.3. The van der Waals surface area contributed by atoms with Crippen LogP contribution in [0.25, 0.3) is 197 Å². The standard InChI is InChI=1S/C68H48N2O2.C66H44N2O2/c1-41-35-42(2)38-51(37-41)69(49-27-19-45(20-28-49)53-13-9-15-57-55-11-5-7-17-63(55)71-67(53)57)61-33-25-47-24-32-60-62(34-26-48-23-31-59(61)65(47)66(48)60)70(52-39-43(3)36-44(4)40-52)50-29-21-46(22-30-50)54-14-10-16-58-56-12-6-8-18-64(56)72-68(54)58;1-41-13-3-7-21-57(41)67(47-33-25-43(26-34-47)49-17-11-19-53-51-15-5-9-23-61(51)69-65(49)53)59-39-31-45-30-38-56-60(40-32-46-29-37-55(59)63(45)64(46)56)68(58-22-8-4-14-42(58)2)48-35-27-44(28-36-48)50-18-12-20-54-52-16-6-10-24-62(52)70-66(50)54/h5-40H,1-4H3;3-40H,1-2H3.